The summed E-state index contributed by atoms with van der Waals surface area (Å²) in [6.07, 6.45) is 1.69. The highest BCUT2D eigenvalue weighted by molar-refractivity contribution is 7.80. The van der Waals surface area contributed by atoms with Gasteiger partial charge in [0.2, 0.25) is 15.5 Å². The highest BCUT2D eigenvalue weighted by atomic mass is 32.3. The van der Waals surface area contributed by atoms with Crippen molar-refractivity contribution in [2.45, 2.75) is 0 Å². The number of quaternary nitrogens is 1. The molecule has 0 unspecified atom stereocenters. The summed E-state index contributed by atoms with van der Waals surface area (Å²) in [6, 6.07) is 14.8. The van der Waals surface area contributed by atoms with Crippen LogP contribution in [0.1, 0.15) is 25.6 Å². The van der Waals surface area contributed by atoms with Crippen molar-refractivity contribution in [2.75, 3.05) is 71.3 Å². The number of aromatic nitrogens is 1. The molecule has 222 valence electrons. The number of hydrogen-bond donors (Lipinski definition) is 0. The fraction of sp³-hybridized carbons (Fsp3) is 0.321. The lowest BCUT2D eigenvalue weighted by molar-refractivity contribution is -0.890. The molecule has 0 bridgehead atoms. The molecule has 2 heterocycles. The Balaban J connectivity index is 0.000000612. The Morgan fingerprint density at radius 3 is 2.05 bits per heavy atom. The van der Waals surface area contributed by atoms with Gasteiger partial charge in [-0.25, -0.2) is 8.42 Å². The van der Waals surface area contributed by atoms with Gasteiger partial charge in [-0.2, -0.15) is 4.98 Å². The molecule has 0 amide bonds. The van der Waals surface area contributed by atoms with E-state index in [1.165, 1.54) is 11.3 Å². The van der Waals surface area contributed by atoms with Crippen LogP contribution in [0.3, 0.4) is 0 Å². The average Bonchev–Trinajstić information content (AvgIpc) is 3.46. The van der Waals surface area contributed by atoms with Crippen LogP contribution in [-0.2, 0) is 14.6 Å². The second kappa shape index (κ2) is 12.6. The van der Waals surface area contributed by atoms with Crippen LogP contribution >= 0.6 is 11.3 Å². The number of Topliss-reactive ketones (excluding diaryl/α,β-unsaturated/α-hetero) is 2. The number of azo groups is 1. The molecule has 0 N–H and O–H groups in total. The van der Waals surface area contributed by atoms with E-state index < -0.39 is 10.4 Å². The minimum Gasteiger partial charge on any atom is -0.726 e. The van der Waals surface area contributed by atoms with Gasteiger partial charge in [-0.1, -0.05) is 35.6 Å². The van der Waals surface area contributed by atoms with Crippen molar-refractivity contribution in [1.29, 1.82) is 0 Å². The molecule has 1 fully saturated rings. The number of carbonyl (C=O) groups excluding carboxylic acids is 2. The number of likely N-dealkylation sites (N-methyl/N-ethyl adjacent to an activating group) is 1. The third-order valence-electron chi connectivity index (χ3n) is 6.88. The van der Waals surface area contributed by atoms with Crippen molar-refractivity contribution in [3.63, 3.8) is 0 Å². The summed E-state index contributed by atoms with van der Waals surface area (Å²) < 4.78 is 32.0. The van der Waals surface area contributed by atoms with E-state index in [0.29, 0.717) is 16.3 Å². The number of benzene rings is 2. The van der Waals surface area contributed by atoms with Crippen molar-refractivity contribution in [1.82, 2.24) is 4.98 Å². The molecule has 0 spiro atoms. The number of ketones is 2. The standard InChI is InChI=1S/C27H29N6O2S.CH4O4S/c1-31(2)19-11-9-18(10-12-19)29-30-27-28-26(32-13-15-33(3,4)16-14-32)23(36-27)17-22-24(34)20-7-5-6-8-21(20)25(22)35;1-5-6(2,3)4/h5-12,17H,13-16H2,1-4H3;1H3,(H,2,3,4)/q+1;/p-1. The molecule has 5 rings (SSSR count). The number of carbonyl (C=O) groups is 2. The number of thiazole rings is 1. The summed E-state index contributed by atoms with van der Waals surface area (Å²) >= 11 is 1.34. The number of anilines is 2. The zero-order valence-electron chi connectivity index (χ0n) is 24.0. The molecular weight excluding hydrogens is 580 g/mol. The van der Waals surface area contributed by atoms with Gasteiger partial charge in [0.15, 0.2) is 11.6 Å². The largest absolute Gasteiger partial charge is 0.726 e. The SMILES string of the molecule is CN(C)c1ccc(N=Nc2nc(N3CC[N+](C)(C)CC3)c(C=C3C(=O)c4ccccc4C3=O)s2)cc1.COS(=O)(=O)[O-]. The maximum absolute atomic E-state index is 13.0. The van der Waals surface area contributed by atoms with Crippen LogP contribution in [0.15, 0.2) is 64.3 Å². The van der Waals surface area contributed by atoms with Crippen molar-refractivity contribution in [3.05, 3.63) is 70.1 Å². The second-order valence-electron chi connectivity index (χ2n) is 10.5. The van der Waals surface area contributed by atoms with Crippen molar-refractivity contribution < 1.29 is 31.2 Å². The van der Waals surface area contributed by atoms with Gasteiger partial charge in [0.05, 0.1) is 63.5 Å². The molecule has 1 aliphatic heterocycles. The molecule has 42 heavy (non-hydrogen) atoms. The second-order valence-corrected chi connectivity index (χ2v) is 12.7. The first-order valence-electron chi connectivity index (χ1n) is 13.0. The van der Waals surface area contributed by atoms with Crippen LogP contribution in [0.2, 0.25) is 0 Å². The fourth-order valence-corrected chi connectivity index (χ4v) is 5.20. The highest BCUT2D eigenvalue weighted by Crippen LogP contribution is 2.37. The van der Waals surface area contributed by atoms with Crippen molar-refractivity contribution in [2.24, 2.45) is 10.2 Å². The Labute approximate surface area is 249 Å². The minimum atomic E-state index is -4.41. The zero-order chi connectivity index (χ0) is 30.7. The van der Waals surface area contributed by atoms with Crippen LogP contribution in [0.5, 0.6) is 0 Å². The molecule has 1 saturated heterocycles. The van der Waals surface area contributed by atoms with E-state index in [1.807, 2.05) is 43.3 Å². The molecular formula is C28H32N6O6S2. The maximum atomic E-state index is 13.0. The molecule has 3 aromatic rings. The van der Waals surface area contributed by atoms with Gasteiger partial charge in [-0.15, -0.1) is 10.2 Å². The summed E-state index contributed by atoms with van der Waals surface area (Å²) in [5.74, 6) is 0.270. The number of allylic oxidation sites excluding steroid dienone is 1. The maximum Gasteiger partial charge on any atom is 0.232 e. The molecule has 0 radical (unpaired) electrons. The third-order valence-corrected chi connectivity index (χ3v) is 8.16. The molecule has 0 atom stereocenters. The van der Waals surface area contributed by atoms with Crippen LogP contribution in [0, 0.1) is 0 Å². The monoisotopic (exact) mass is 612 g/mol. The Morgan fingerprint density at radius 1 is 1.00 bits per heavy atom. The summed E-state index contributed by atoms with van der Waals surface area (Å²) in [7, 11) is 4.81. The summed E-state index contributed by atoms with van der Waals surface area (Å²) in [5.41, 5.74) is 2.90. The van der Waals surface area contributed by atoms with Gasteiger partial charge in [-0.3, -0.25) is 13.8 Å². The van der Waals surface area contributed by atoms with Crippen molar-refractivity contribution in [3.8, 4) is 0 Å². The lowest BCUT2D eigenvalue weighted by Crippen LogP contribution is -2.55. The Morgan fingerprint density at radius 2 is 1.55 bits per heavy atom. The zero-order valence-corrected chi connectivity index (χ0v) is 25.6. The Bertz CT molecular complexity index is 1600. The average molecular weight is 613 g/mol. The smallest absolute Gasteiger partial charge is 0.232 e. The van der Waals surface area contributed by atoms with Crippen LogP contribution in [-0.4, -0.2) is 95.5 Å². The number of hydrogen-bond acceptors (Lipinski definition) is 12. The first-order valence-corrected chi connectivity index (χ1v) is 15.1. The topological polar surface area (TPSA) is 145 Å². The van der Waals surface area contributed by atoms with Gasteiger partial charge >= 0.3 is 0 Å². The lowest BCUT2D eigenvalue weighted by Gasteiger charge is -2.39. The Hall–Kier alpha value is -3.82. The van der Waals surface area contributed by atoms with E-state index in [-0.39, 0.29) is 17.1 Å². The molecule has 14 heteroatoms. The van der Waals surface area contributed by atoms with Crippen LogP contribution < -0.4 is 9.80 Å². The predicted molar refractivity (Wildman–Crippen MR) is 161 cm³/mol. The molecule has 2 aromatic carbocycles. The molecule has 1 aromatic heterocycles. The highest BCUT2D eigenvalue weighted by Gasteiger charge is 2.34. The lowest BCUT2D eigenvalue weighted by atomic mass is 10.1. The molecule has 1 aliphatic carbocycles. The van der Waals surface area contributed by atoms with Gasteiger partial charge in [-0.05, 0) is 30.3 Å². The van der Waals surface area contributed by atoms with E-state index in [1.54, 1.807) is 30.3 Å². The molecule has 2 aliphatic rings. The van der Waals surface area contributed by atoms with E-state index in [2.05, 4.69) is 33.4 Å². The third kappa shape index (κ3) is 7.52. The van der Waals surface area contributed by atoms with Crippen LogP contribution in [0.25, 0.3) is 6.08 Å². The molecule has 12 nitrogen and oxygen atoms in total. The number of piperazine rings is 1. The predicted octanol–water partition coefficient (Wildman–Crippen LogP) is 4.08. The van der Waals surface area contributed by atoms with Gasteiger partial charge < -0.3 is 18.8 Å². The first kappa shape index (κ1) is 31.1. The molecule has 0 saturated carbocycles. The number of nitrogens with zero attached hydrogens (tertiary/aromatic N) is 6. The van der Waals surface area contributed by atoms with E-state index in [0.717, 1.165) is 59.8 Å². The fourth-order valence-electron chi connectivity index (χ4n) is 4.35. The summed E-state index contributed by atoms with van der Waals surface area (Å²) in [6.45, 7) is 3.62. The van der Waals surface area contributed by atoms with Gasteiger partial charge in [0, 0.05) is 30.9 Å². The first-order chi connectivity index (χ1) is 19.8. The Kier molecular flexibility index (Phi) is 9.33. The van der Waals surface area contributed by atoms with E-state index in [9.17, 15) is 22.6 Å². The number of rotatable bonds is 6. The normalized spacial score (nSPS) is 16.3. The quantitative estimate of drug-likeness (QED) is 0.100. The van der Waals surface area contributed by atoms with E-state index >= 15 is 0 Å². The summed E-state index contributed by atoms with van der Waals surface area (Å²) in [4.78, 5) is 35.8. The van der Waals surface area contributed by atoms with Gasteiger partial charge in [0.1, 0.15) is 5.82 Å². The van der Waals surface area contributed by atoms with Crippen LogP contribution in [0.4, 0.5) is 22.3 Å². The van der Waals surface area contributed by atoms with Crippen molar-refractivity contribution >= 4 is 61.7 Å². The van der Waals surface area contributed by atoms with E-state index in [4.69, 9.17) is 4.98 Å². The number of fused-ring (bicyclic) bond motifs is 1. The van der Waals surface area contributed by atoms with Gasteiger partial charge in [0.25, 0.3) is 0 Å². The summed E-state index contributed by atoms with van der Waals surface area (Å²) in [5, 5.41) is 9.26. The minimum absolute atomic E-state index is 0.178.